The van der Waals surface area contributed by atoms with Gasteiger partial charge in [0, 0.05) is 24.7 Å². The van der Waals surface area contributed by atoms with Crippen molar-refractivity contribution in [1.82, 2.24) is 15.1 Å². The van der Waals surface area contributed by atoms with Crippen LogP contribution in [0.4, 0.5) is 8.78 Å². The predicted molar refractivity (Wildman–Crippen MR) is 102 cm³/mol. The smallest absolute Gasteiger partial charge is 0.256 e. The van der Waals surface area contributed by atoms with Gasteiger partial charge >= 0.3 is 0 Å². The Morgan fingerprint density at radius 2 is 2.11 bits per heavy atom. The van der Waals surface area contributed by atoms with Crippen molar-refractivity contribution in [3.8, 4) is 0 Å². The zero-order chi connectivity index (χ0) is 20.0. The Hall–Kier alpha value is -1.44. The van der Waals surface area contributed by atoms with Crippen molar-refractivity contribution in [3.63, 3.8) is 0 Å². The molecule has 0 aliphatic carbocycles. The summed E-state index contributed by atoms with van der Waals surface area (Å²) in [5, 5.41) is 3.42. The van der Waals surface area contributed by atoms with Crippen molar-refractivity contribution >= 4 is 35.0 Å². The summed E-state index contributed by atoms with van der Waals surface area (Å²) >= 11 is 12.0. The second kappa shape index (κ2) is 10.2. The van der Waals surface area contributed by atoms with E-state index in [0.717, 1.165) is 0 Å². The fourth-order valence-electron chi connectivity index (χ4n) is 3.13. The average molecular weight is 422 g/mol. The zero-order valence-corrected chi connectivity index (χ0v) is 16.6. The highest BCUT2D eigenvalue weighted by molar-refractivity contribution is 6.35. The van der Waals surface area contributed by atoms with Crippen LogP contribution >= 0.6 is 23.2 Å². The largest absolute Gasteiger partial charge is 0.353 e. The Morgan fingerprint density at radius 3 is 2.78 bits per heavy atom. The molecule has 1 aromatic rings. The van der Waals surface area contributed by atoms with E-state index in [4.69, 9.17) is 23.2 Å². The van der Waals surface area contributed by atoms with Crippen molar-refractivity contribution in [1.29, 1.82) is 0 Å². The third-order valence-electron chi connectivity index (χ3n) is 4.55. The number of likely N-dealkylation sites (tertiary alicyclic amines) is 1. The highest BCUT2D eigenvalue weighted by Gasteiger charge is 2.35. The summed E-state index contributed by atoms with van der Waals surface area (Å²) in [6.07, 6.45) is -1.16. The first-order valence-electron chi connectivity index (χ1n) is 8.87. The second-order valence-electron chi connectivity index (χ2n) is 6.36. The van der Waals surface area contributed by atoms with Gasteiger partial charge in [0.15, 0.2) is 0 Å². The summed E-state index contributed by atoms with van der Waals surface area (Å²) in [6.45, 7) is 2.96. The van der Waals surface area contributed by atoms with E-state index in [2.05, 4.69) is 5.32 Å². The lowest BCUT2D eigenvalue weighted by Gasteiger charge is -2.25. The molecule has 0 radical (unpaired) electrons. The third kappa shape index (κ3) is 6.02. The Morgan fingerprint density at radius 1 is 1.37 bits per heavy atom. The summed E-state index contributed by atoms with van der Waals surface area (Å²) < 4.78 is 24.9. The third-order valence-corrected chi connectivity index (χ3v) is 5.11. The molecule has 5 nitrogen and oxygen atoms in total. The molecule has 0 spiro atoms. The first-order chi connectivity index (χ1) is 12.8. The number of halogens is 4. The lowest BCUT2D eigenvalue weighted by Crippen LogP contribution is -2.47. The fourth-order valence-corrected chi connectivity index (χ4v) is 3.50. The molecule has 0 aromatic heterocycles. The number of likely N-dealkylation sites (N-methyl/N-ethyl adjacent to an activating group) is 1. The van der Waals surface area contributed by atoms with Crippen LogP contribution < -0.4 is 5.32 Å². The summed E-state index contributed by atoms with van der Waals surface area (Å²) in [6, 6.07) is 4.03. The number of benzene rings is 1. The minimum atomic E-state index is -2.41. The van der Waals surface area contributed by atoms with Crippen LogP contribution in [0.3, 0.4) is 0 Å². The number of rotatable bonds is 8. The molecule has 1 aliphatic rings. The van der Waals surface area contributed by atoms with Crippen molar-refractivity contribution in [2.24, 2.45) is 0 Å². The van der Waals surface area contributed by atoms with Crippen molar-refractivity contribution in [3.05, 3.63) is 33.8 Å². The van der Waals surface area contributed by atoms with Gasteiger partial charge in [-0.05, 0) is 37.6 Å². The molecule has 27 heavy (non-hydrogen) atoms. The summed E-state index contributed by atoms with van der Waals surface area (Å²) in [7, 11) is 0. The van der Waals surface area contributed by atoms with Crippen LogP contribution in [0.25, 0.3) is 0 Å². The first-order valence-corrected chi connectivity index (χ1v) is 9.63. The molecule has 2 rings (SSSR count). The quantitative estimate of drug-likeness (QED) is 0.700. The van der Waals surface area contributed by atoms with E-state index in [0.29, 0.717) is 37.5 Å². The lowest BCUT2D eigenvalue weighted by atomic mass is 10.1. The number of carbonyl (C=O) groups excluding carboxylic acids is 2. The maximum atomic E-state index is 12.8. The monoisotopic (exact) mass is 421 g/mol. The molecule has 1 saturated heterocycles. The molecular weight excluding hydrogens is 399 g/mol. The highest BCUT2D eigenvalue weighted by Crippen LogP contribution is 2.26. The van der Waals surface area contributed by atoms with Gasteiger partial charge in [-0.3, -0.25) is 14.5 Å². The number of hydrogen-bond donors (Lipinski definition) is 1. The fraction of sp³-hybridized carbons (Fsp3) is 0.556. The molecule has 150 valence electrons. The number of nitrogens with one attached hydrogen (secondary N) is 1. The van der Waals surface area contributed by atoms with Gasteiger partial charge in [0.1, 0.15) is 6.04 Å². The molecule has 1 atom stereocenters. The van der Waals surface area contributed by atoms with Gasteiger partial charge in [-0.25, -0.2) is 8.78 Å². The van der Waals surface area contributed by atoms with Gasteiger partial charge in [-0.1, -0.05) is 30.1 Å². The van der Waals surface area contributed by atoms with Crippen molar-refractivity contribution in [2.75, 3.05) is 32.7 Å². The van der Waals surface area contributed by atoms with Gasteiger partial charge in [0.25, 0.3) is 12.3 Å². The predicted octanol–water partition coefficient (Wildman–Crippen LogP) is 3.30. The van der Waals surface area contributed by atoms with Gasteiger partial charge < -0.3 is 10.2 Å². The highest BCUT2D eigenvalue weighted by atomic mass is 35.5. The van der Waals surface area contributed by atoms with E-state index >= 15 is 0 Å². The standard InChI is InChI=1S/C18H23Cl2F2N3O2/c1-2-24(11-16(21)22)9-7-23-17(26)15-4-3-8-25(15)18(27)13-10-12(19)5-6-14(13)20/h5-6,10,15-16H,2-4,7-9,11H2,1H3,(H,23,26). The summed E-state index contributed by atoms with van der Waals surface area (Å²) in [5.41, 5.74) is 0.262. The van der Waals surface area contributed by atoms with E-state index in [1.807, 2.05) is 0 Å². The number of hydrogen-bond acceptors (Lipinski definition) is 3. The Balaban J connectivity index is 1.95. The van der Waals surface area contributed by atoms with E-state index in [9.17, 15) is 18.4 Å². The molecule has 1 fully saturated rings. The molecule has 0 bridgehead atoms. The zero-order valence-electron chi connectivity index (χ0n) is 15.1. The Bertz CT molecular complexity index is 676. The van der Waals surface area contributed by atoms with Gasteiger partial charge in [0.05, 0.1) is 17.1 Å². The molecule has 1 aliphatic heterocycles. The molecule has 9 heteroatoms. The van der Waals surface area contributed by atoms with Crippen LogP contribution in [0.5, 0.6) is 0 Å². The van der Waals surface area contributed by atoms with Crippen LogP contribution in [0.1, 0.15) is 30.1 Å². The van der Waals surface area contributed by atoms with Crippen LogP contribution in [0, 0.1) is 0 Å². The Kier molecular flexibility index (Phi) is 8.26. The molecule has 1 aromatic carbocycles. The topological polar surface area (TPSA) is 52.7 Å². The molecule has 1 unspecified atom stereocenters. The molecule has 2 amide bonds. The van der Waals surface area contributed by atoms with Crippen molar-refractivity contribution < 1.29 is 18.4 Å². The van der Waals surface area contributed by atoms with Gasteiger partial charge in [-0.2, -0.15) is 0 Å². The number of alkyl halides is 2. The van der Waals surface area contributed by atoms with Crippen molar-refractivity contribution in [2.45, 2.75) is 32.2 Å². The van der Waals surface area contributed by atoms with E-state index in [1.165, 1.54) is 11.0 Å². The van der Waals surface area contributed by atoms with E-state index < -0.39 is 12.5 Å². The minimum absolute atomic E-state index is 0.246. The SMILES string of the molecule is CCN(CCNC(=O)C1CCCN1C(=O)c1cc(Cl)ccc1Cl)CC(F)F. The van der Waals surface area contributed by atoms with E-state index in [1.54, 1.807) is 24.0 Å². The lowest BCUT2D eigenvalue weighted by molar-refractivity contribution is -0.124. The van der Waals surface area contributed by atoms with Gasteiger partial charge in [0.2, 0.25) is 5.91 Å². The maximum Gasteiger partial charge on any atom is 0.256 e. The van der Waals surface area contributed by atoms with Crippen LogP contribution in [0.2, 0.25) is 10.0 Å². The van der Waals surface area contributed by atoms with Crippen LogP contribution in [0.15, 0.2) is 18.2 Å². The maximum absolute atomic E-state index is 12.8. The number of nitrogens with zero attached hydrogens (tertiary/aromatic N) is 2. The minimum Gasteiger partial charge on any atom is -0.353 e. The van der Waals surface area contributed by atoms with Gasteiger partial charge in [-0.15, -0.1) is 0 Å². The van der Waals surface area contributed by atoms with Crippen LogP contribution in [-0.4, -0.2) is 66.8 Å². The normalized spacial score (nSPS) is 17.0. The number of carbonyl (C=O) groups is 2. The molecule has 0 saturated carbocycles. The molecular formula is C18H23Cl2F2N3O2. The second-order valence-corrected chi connectivity index (χ2v) is 7.20. The number of amides is 2. The molecule has 1 heterocycles. The Labute approximate surface area is 167 Å². The van der Waals surface area contributed by atoms with Crippen LogP contribution in [-0.2, 0) is 4.79 Å². The average Bonchev–Trinajstić information content (AvgIpc) is 3.11. The summed E-state index contributed by atoms with van der Waals surface area (Å²) in [4.78, 5) is 28.4. The first kappa shape index (κ1) is 21.9. The summed E-state index contributed by atoms with van der Waals surface area (Å²) in [5.74, 6) is -0.625. The molecule has 1 N–H and O–H groups in total. The van der Waals surface area contributed by atoms with E-state index in [-0.39, 0.29) is 35.5 Å².